The van der Waals surface area contributed by atoms with E-state index in [1.807, 2.05) is 7.11 Å². The Kier molecular flexibility index (Phi) is 10.0. The average molecular weight is 467 g/mol. The number of guanidine groups is 1. The summed E-state index contributed by atoms with van der Waals surface area (Å²) in [4.78, 5) is 7.44. The molecule has 2 fully saturated rings. The zero-order valence-electron chi connectivity index (χ0n) is 16.6. The highest BCUT2D eigenvalue weighted by atomic mass is 127. The maximum atomic E-state index is 5.84. The predicted octanol–water partition coefficient (Wildman–Crippen LogP) is 3.67. The van der Waals surface area contributed by atoms with Gasteiger partial charge in [-0.15, -0.1) is 24.0 Å². The molecule has 148 valence electrons. The van der Waals surface area contributed by atoms with Crippen molar-refractivity contribution in [3.8, 4) is 0 Å². The maximum absolute atomic E-state index is 5.84. The lowest BCUT2D eigenvalue weighted by molar-refractivity contribution is -0.0830. The fraction of sp³-hybridized carbons (Fsp3) is 0.947. The van der Waals surface area contributed by atoms with E-state index in [-0.39, 0.29) is 29.6 Å². The zero-order chi connectivity index (χ0) is 17.5. The Balaban J connectivity index is 0.00000312. The second-order valence-corrected chi connectivity index (χ2v) is 7.76. The third kappa shape index (κ3) is 6.54. The highest BCUT2D eigenvalue weighted by molar-refractivity contribution is 14.0. The van der Waals surface area contributed by atoms with Crippen molar-refractivity contribution in [1.29, 1.82) is 0 Å². The monoisotopic (exact) mass is 467 g/mol. The van der Waals surface area contributed by atoms with E-state index in [1.54, 1.807) is 0 Å². The number of methoxy groups -OCH3 is 1. The molecule has 0 amide bonds. The highest BCUT2D eigenvalue weighted by Crippen LogP contribution is 2.34. The molecule has 1 N–H and O–H groups in total. The van der Waals surface area contributed by atoms with E-state index in [0.29, 0.717) is 5.41 Å². The molecule has 0 radical (unpaired) electrons. The minimum Gasteiger partial charge on any atom is -0.381 e. The molecule has 2 aliphatic heterocycles. The van der Waals surface area contributed by atoms with Gasteiger partial charge >= 0.3 is 0 Å². The van der Waals surface area contributed by atoms with Gasteiger partial charge in [0.05, 0.1) is 12.1 Å². The largest absolute Gasteiger partial charge is 0.381 e. The van der Waals surface area contributed by atoms with Crippen LogP contribution in [0.5, 0.6) is 0 Å². The van der Waals surface area contributed by atoms with E-state index < -0.39 is 0 Å². The van der Waals surface area contributed by atoms with Crippen LogP contribution in [0, 0.1) is 5.41 Å². The zero-order valence-corrected chi connectivity index (χ0v) is 18.9. The molecule has 0 aliphatic carbocycles. The third-order valence-corrected chi connectivity index (χ3v) is 5.62. The Morgan fingerprint density at radius 1 is 1.24 bits per heavy atom. The summed E-state index contributed by atoms with van der Waals surface area (Å²) < 4.78 is 11.3. The summed E-state index contributed by atoms with van der Waals surface area (Å²) >= 11 is 0. The van der Waals surface area contributed by atoms with Gasteiger partial charge in [-0.25, -0.2) is 0 Å². The quantitative estimate of drug-likeness (QED) is 0.368. The van der Waals surface area contributed by atoms with Crippen molar-refractivity contribution < 1.29 is 9.47 Å². The molecule has 0 aromatic rings. The second-order valence-electron chi connectivity index (χ2n) is 7.76. The minimum atomic E-state index is -0.151. The Bertz CT molecular complexity index is 409. The molecule has 0 saturated carbocycles. The molecule has 5 nitrogen and oxygen atoms in total. The van der Waals surface area contributed by atoms with Gasteiger partial charge in [-0.2, -0.15) is 0 Å². The van der Waals surface area contributed by atoms with Crippen LogP contribution in [0.25, 0.3) is 0 Å². The molecular formula is C19H38IN3O2. The standard InChI is InChI=1S/C19H37N3O2.HI/c1-5-8-18(3)9-7-12-22(16-18)17(20-6-2)21-15-19(23-4)10-13-24-14-11-19;/h5-16H2,1-4H3,(H,20,21);1H. The summed E-state index contributed by atoms with van der Waals surface area (Å²) in [6.07, 6.45) is 6.99. The van der Waals surface area contributed by atoms with Crippen LogP contribution in [0.1, 0.15) is 59.3 Å². The maximum Gasteiger partial charge on any atom is 0.194 e. The van der Waals surface area contributed by atoms with Crippen LogP contribution < -0.4 is 5.32 Å². The third-order valence-electron chi connectivity index (χ3n) is 5.62. The normalized spacial score (nSPS) is 26.9. The molecule has 2 saturated heterocycles. The second kappa shape index (κ2) is 10.9. The van der Waals surface area contributed by atoms with Crippen molar-refractivity contribution in [2.24, 2.45) is 10.4 Å². The molecule has 2 heterocycles. The van der Waals surface area contributed by atoms with Gasteiger partial charge in [0, 0.05) is 52.8 Å². The van der Waals surface area contributed by atoms with Gasteiger partial charge in [0.1, 0.15) is 0 Å². The molecule has 1 atom stereocenters. The molecule has 0 aromatic heterocycles. The number of ether oxygens (including phenoxy) is 2. The van der Waals surface area contributed by atoms with E-state index in [2.05, 4.69) is 31.0 Å². The Hall–Kier alpha value is -0.0800. The smallest absolute Gasteiger partial charge is 0.194 e. The van der Waals surface area contributed by atoms with Gasteiger partial charge in [-0.1, -0.05) is 20.3 Å². The first-order valence-corrected chi connectivity index (χ1v) is 9.72. The van der Waals surface area contributed by atoms with Crippen LogP contribution in [-0.4, -0.2) is 63.0 Å². The molecular weight excluding hydrogens is 429 g/mol. The Labute approximate surface area is 171 Å². The first-order chi connectivity index (χ1) is 11.6. The fourth-order valence-corrected chi connectivity index (χ4v) is 4.12. The van der Waals surface area contributed by atoms with Crippen LogP contribution in [0.4, 0.5) is 0 Å². The van der Waals surface area contributed by atoms with Gasteiger partial charge in [-0.3, -0.25) is 4.99 Å². The molecule has 2 rings (SSSR count). The lowest BCUT2D eigenvalue weighted by Crippen LogP contribution is -2.50. The van der Waals surface area contributed by atoms with Crippen molar-refractivity contribution in [2.75, 3.05) is 46.5 Å². The van der Waals surface area contributed by atoms with Crippen LogP contribution in [0.15, 0.2) is 4.99 Å². The molecule has 0 bridgehead atoms. The summed E-state index contributed by atoms with van der Waals surface area (Å²) in [6, 6.07) is 0. The first-order valence-electron chi connectivity index (χ1n) is 9.72. The van der Waals surface area contributed by atoms with Crippen molar-refractivity contribution in [3.05, 3.63) is 0 Å². The Morgan fingerprint density at radius 2 is 1.96 bits per heavy atom. The average Bonchev–Trinajstić information content (AvgIpc) is 2.59. The van der Waals surface area contributed by atoms with Crippen LogP contribution in [0.2, 0.25) is 0 Å². The van der Waals surface area contributed by atoms with Gasteiger partial charge in [-0.05, 0) is 31.6 Å². The SMILES string of the molecule is CCCC1(C)CCCN(C(=NCC2(OC)CCOCC2)NCC)C1.I. The van der Waals surface area contributed by atoms with Gasteiger partial charge in [0.2, 0.25) is 0 Å². The summed E-state index contributed by atoms with van der Waals surface area (Å²) in [6.45, 7) is 12.3. The molecule has 6 heteroatoms. The highest BCUT2D eigenvalue weighted by Gasteiger charge is 2.34. The number of hydrogen-bond donors (Lipinski definition) is 1. The molecule has 2 aliphatic rings. The van der Waals surface area contributed by atoms with Crippen molar-refractivity contribution in [3.63, 3.8) is 0 Å². The van der Waals surface area contributed by atoms with Gasteiger partial charge in [0.25, 0.3) is 0 Å². The van der Waals surface area contributed by atoms with E-state index in [1.165, 1.54) is 25.7 Å². The van der Waals surface area contributed by atoms with Gasteiger partial charge < -0.3 is 19.7 Å². The molecule has 0 spiro atoms. The number of hydrogen-bond acceptors (Lipinski definition) is 3. The number of likely N-dealkylation sites (tertiary alicyclic amines) is 1. The van der Waals surface area contributed by atoms with Crippen LogP contribution >= 0.6 is 24.0 Å². The van der Waals surface area contributed by atoms with Gasteiger partial charge in [0.15, 0.2) is 5.96 Å². The first kappa shape index (κ1) is 23.0. The summed E-state index contributed by atoms with van der Waals surface area (Å²) in [7, 11) is 1.81. The fourth-order valence-electron chi connectivity index (χ4n) is 4.12. The number of aliphatic imine (C=N–C) groups is 1. The van der Waals surface area contributed by atoms with Crippen LogP contribution in [-0.2, 0) is 9.47 Å². The summed E-state index contributed by atoms with van der Waals surface area (Å²) in [5, 5.41) is 3.50. The van der Waals surface area contributed by atoms with Crippen molar-refractivity contribution >= 4 is 29.9 Å². The molecule has 1 unspecified atom stereocenters. The lowest BCUT2D eigenvalue weighted by Gasteiger charge is -2.42. The predicted molar refractivity (Wildman–Crippen MR) is 115 cm³/mol. The van der Waals surface area contributed by atoms with Crippen molar-refractivity contribution in [1.82, 2.24) is 10.2 Å². The summed E-state index contributed by atoms with van der Waals surface area (Å²) in [5.74, 6) is 1.06. The summed E-state index contributed by atoms with van der Waals surface area (Å²) in [5.41, 5.74) is 0.266. The lowest BCUT2D eigenvalue weighted by atomic mass is 9.78. The molecule has 0 aromatic carbocycles. The van der Waals surface area contributed by atoms with Crippen LogP contribution in [0.3, 0.4) is 0 Å². The van der Waals surface area contributed by atoms with E-state index in [4.69, 9.17) is 14.5 Å². The number of piperidine rings is 1. The Morgan fingerprint density at radius 3 is 2.56 bits per heavy atom. The number of halogens is 1. The minimum absolute atomic E-state index is 0. The van der Waals surface area contributed by atoms with E-state index in [0.717, 1.165) is 58.2 Å². The van der Waals surface area contributed by atoms with Crippen molar-refractivity contribution in [2.45, 2.75) is 64.9 Å². The van der Waals surface area contributed by atoms with E-state index in [9.17, 15) is 0 Å². The number of nitrogens with one attached hydrogen (secondary N) is 1. The number of rotatable bonds is 6. The molecule has 25 heavy (non-hydrogen) atoms. The topological polar surface area (TPSA) is 46.1 Å². The van der Waals surface area contributed by atoms with E-state index >= 15 is 0 Å². The number of nitrogens with zero attached hydrogens (tertiary/aromatic N) is 2.